The molecule has 1 unspecified atom stereocenters. The van der Waals surface area contributed by atoms with Crippen molar-refractivity contribution in [1.29, 1.82) is 0 Å². The third-order valence-corrected chi connectivity index (χ3v) is 3.86. The summed E-state index contributed by atoms with van der Waals surface area (Å²) >= 11 is 0. The van der Waals surface area contributed by atoms with Crippen LogP contribution in [0.1, 0.15) is 57.8 Å². The molecule has 1 aliphatic heterocycles. The second-order valence-electron chi connectivity index (χ2n) is 5.09. The van der Waals surface area contributed by atoms with Gasteiger partial charge in [-0.3, -0.25) is 9.69 Å². The minimum atomic E-state index is 0.508. The SMILES string of the molecule is O=C1CCCCCCC(N2CCCC2)C1. The van der Waals surface area contributed by atoms with Crippen LogP contribution in [0.3, 0.4) is 0 Å². The van der Waals surface area contributed by atoms with E-state index < -0.39 is 0 Å². The van der Waals surface area contributed by atoms with E-state index in [-0.39, 0.29) is 0 Å². The fourth-order valence-corrected chi connectivity index (χ4v) is 2.94. The topological polar surface area (TPSA) is 20.3 Å². The number of rotatable bonds is 1. The number of Topliss-reactive ketones (excluding diaryl/α,β-unsaturated/α-hetero) is 1. The van der Waals surface area contributed by atoms with Crippen LogP contribution in [-0.2, 0) is 4.79 Å². The van der Waals surface area contributed by atoms with E-state index in [2.05, 4.69) is 4.90 Å². The van der Waals surface area contributed by atoms with Gasteiger partial charge in [0.2, 0.25) is 0 Å². The number of ketones is 1. The van der Waals surface area contributed by atoms with Crippen molar-refractivity contribution in [3.05, 3.63) is 0 Å². The molecule has 0 aromatic rings. The number of nitrogens with zero attached hydrogens (tertiary/aromatic N) is 1. The summed E-state index contributed by atoms with van der Waals surface area (Å²) in [7, 11) is 0. The Bertz CT molecular complexity index is 209. The second kappa shape index (κ2) is 5.64. The van der Waals surface area contributed by atoms with Gasteiger partial charge >= 0.3 is 0 Å². The van der Waals surface area contributed by atoms with Crippen molar-refractivity contribution in [3.63, 3.8) is 0 Å². The van der Waals surface area contributed by atoms with Crippen molar-refractivity contribution >= 4 is 5.78 Å². The van der Waals surface area contributed by atoms with Crippen LogP contribution < -0.4 is 0 Å². The van der Waals surface area contributed by atoms with Crippen molar-refractivity contribution in [1.82, 2.24) is 4.90 Å². The van der Waals surface area contributed by atoms with Crippen molar-refractivity contribution in [2.24, 2.45) is 0 Å². The average Bonchev–Trinajstić information content (AvgIpc) is 2.74. The first-order valence-corrected chi connectivity index (χ1v) is 6.62. The summed E-state index contributed by atoms with van der Waals surface area (Å²) in [5.74, 6) is 0.508. The molecule has 86 valence electrons. The van der Waals surface area contributed by atoms with Crippen LogP contribution in [0, 0.1) is 0 Å². The van der Waals surface area contributed by atoms with E-state index in [0.717, 1.165) is 19.3 Å². The summed E-state index contributed by atoms with van der Waals surface area (Å²) in [6, 6.07) is 0.582. The zero-order valence-electron chi connectivity index (χ0n) is 9.71. The number of hydrogen-bond donors (Lipinski definition) is 0. The van der Waals surface area contributed by atoms with Gasteiger partial charge in [0.15, 0.2) is 0 Å². The van der Waals surface area contributed by atoms with Gasteiger partial charge in [-0.15, -0.1) is 0 Å². The minimum absolute atomic E-state index is 0.508. The highest BCUT2D eigenvalue weighted by atomic mass is 16.1. The van der Waals surface area contributed by atoms with Gasteiger partial charge in [-0.05, 0) is 38.8 Å². The molecule has 1 saturated carbocycles. The molecule has 1 saturated heterocycles. The summed E-state index contributed by atoms with van der Waals surface area (Å²) in [6.07, 6.45) is 10.7. The van der Waals surface area contributed by atoms with Crippen LogP contribution in [0.4, 0.5) is 0 Å². The van der Waals surface area contributed by atoms with E-state index >= 15 is 0 Å². The lowest BCUT2D eigenvalue weighted by Gasteiger charge is -2.26. The molecule has 2 heteroatoms. The fourth-order valence-electron chi connectivity index (χ4n) is 2.94. The minimum Gasteiger partial charge on any atom is -0.300 e. The molecule has 0 radical (unpaired) electrons. The molecule has 15 heavy (non-hydrogen) atoms. The molecule has 2 aliphatic rings. The standard InChI is InChI=1S/C13H23NO/c15-13-8-4-2-1-3-7-12(11-13)14-9-5-6-10-14/h12H,1-11H2. The normalized spacial score (nSPS) is 30.9. The van der Waals surface area contributed by atoms with Crippen LogP contribution in [0.15, 0.2) is 0 Å². The Labute approximate surface area is 93.0 Å². The van der Waals surface area contributed by atoms with Crippen LogP contribution >= 0.6 is 0 Å². The largest absolute Gasteiger partial charge is 0.300 e. The maximum atomic E-state index is 11.7. The Hall–Kier alpha value is -0.370. The zero-order valence-corrected chi connectivity index (χ0v) is 9.71. The molecule has 1 heterocycles. The van der Waals surface area contributed by atoms with Gasteiger partial charge in [0, 0.05) is 18.9 Å². The Morgan fingerprint density at radius 3 is 2.47 bits per heavy atom. The summed E-state index contributed by atoms with van der Waals surface area (Å²) in [5, 5.41) is 0. The molecule has 2 fully saturated rings. The third-order valence-electron chi connectivity index (χ3n) is 3.86. The molecular weight excluding hydrogens is 186 g/mol. The Morgan fingerprint density at radius 2 is 1.67 bits per heavy atom. The lowest BCUT2D eigenvalue weighted by atomic mass is 10.0. The smallest absolute Gasteiger partial charge is 0.134 e. The second-order valence-corrected chi connectivity index (χ2v) is 5.09. The van der Waals surface area contributed by atoms with E-state index in [1.54, 1.807) is 0 Å². The maximum Gasteiger partial charge on any atom is 0.134 e. The van der Waals surface area contributed by atoms with Crippen LogP contribution in [0.2, 0.25) is 0 Å². The van der Waals surface area contributed by atoms with E-state index in [1.807, 2.05) is 0 Å². The molecule has 0 amide bonds. The first kappa shape index (κ1) is 11.1. The number of carbonyl (C=O) groups excluding carboxylic acids is 1. The predicted molar refractivity (Wildman–Crippen MR) is 61.9 cm³/mol. The number of likely N-dealkylation sites (tertiary alicyclic amines) is 1. The Morgan fingerprint density at radius 1 is 0.933 bits per heavy atom. The summed E-state index contributed by atoms with van der Waals surface area (Å²) < 4.78 is 0. The number of hydrogen-bond acceptors (Lipinski definition) is 2. The van der Waals surface area contributed by atoms with Crippen molar-refractivity contribution in [2.75, 3.05) is 13.1 Å². The first-order valence-electron chi connectivity index (χ1n) is 6.62. The zero-order chi connectivity index (χ0) is 10.5. The van der Waals surface area contributed by atoms with Gasteiger partial charge in [0.25, 0.3) is 0 Å². The molecule has 1 atom stereocenters. The van der Waals surface area contributed by atoms with Gasteiger partial charge in [0.05, 0.1) is 0 Å². The lowest BCUT2D eigenvalue weighted by Crippen LogP contribution is -2.34. The van der Waals surface area contributed by atoms with E-state index in [1.165, 1.54) is 51.6 Å². The quantitative estimate of drug-likeness (QED) is 0.662. The van der Waals surface area contributed by atoms with Crippen molar-refractivity contribution < 1.29 is 4.79 Å². The van der Waals surface area contributed by atoms with Crippen molar-refractivity contribution in [3.8, 4) is 0 Å². The lowest BCUT2D eigenvalue weighted by molar-refractivity contribution is -0.120. The summed E-state index contributed by atoms with van der Waals surface area (Å²) in [5.41, 5.74) is 0. The Kier molecular flexibility index (Phi) is 4.18. The monoisotopic (exact) mass is 209 g/mol. The number of carbonyl (C=O) groups is 1. The maximum absolute atomic E-state index is 11.7. The highest BCUT2D eigenvalue weighted by molar-refractivity contribution is 5.78. The van der Waals surface area contributed by atoms with Gasteiger partial charge < -0.3 is 0 Å². The molecular formula is C13H23NO. The van der Waals surface area contributed by atoms with Gasteiger partial charge in [-0.2, -0.15) is 0 Å². The molecule has 2 rings (SSSR count). The van der Waals surface area contributed by atoms with E-state index in [4.69, 9.17) is 0 Å². The molecule has 0 aromatic heterocycles. The van der Waals surface area contributed by atoms with Gasteiger partial charge in [0.1, 0.15) is 5.78 Å². The molecule has 0 N–H and O–H groups in total. The fraction of sp³-hybridized carbons (Fsp3) is 0.923. The van der Waals surface area contributed by atoms with Gasteiger partial charge in [-0.1, -0.05) is 19.3 Å². The van der Waals surface area contributed by atoms with E-state index in [9.17, 15) is 4.79 Å². The average molecular weight is 209 g/mol. The highest BCUT2D eigenvalue weighted by Crippen LogP contribution is 2.22. The third kappa shape index (κ3) is 3.30. The van der Waals surface area contributed by atoms with Crippen LogP contribution in [0.25, 0.3) is 0 Å². The first-order chi connectivity index (χ1) is 7.36. The molecule has 0 bridgehead atoms. The molecule has 0 spiro atoms. The predicted octanol–water partition coefficient (Wildman–Crippen LogP) is 2.76. The summed E-state index contributed by atoms with van der Waals surface area (Å²) in [4.78, 5) is 14.3. The molecule has 1 aliphatic carbocycles. The Balaban J connectivity index is 1.90. The van der Waals surface area contributed by atoms with Crippen LogP contribution in [-0.4, -0.2) is 29.8 Å². The van der Waals surface area contributed by atoms with E-state index in [0.29, 0.717) is 11.8 Å². The van der Waals surface area contributed by atoms with Crippen LogP contribution in [0.5, 0.6) is 0 Å². The highest BCUT2D eigenvalue weighted by Gasteiger charge is 2.24. The summed E-state index contributed by atoms with van der Waals surface area (Å²) in [6.45, 7) is 2.47. The molecule has 2 nitrogen and oxygen atoms in total. The molecule has 0 aromatic carbocycles. The van der Waals surface area contributed by atoms with Gasteiger partial charge in [-0.25, -0.2) is 0 Å². The van der Waals surface area contributed by atoms with Crippen molar-refractivity contribution in [2.45, 2.75) is 63.8 Å².